The molecule has 0 fully saturated rings. The molecule has 0 aliphatic rings. The number of carbonyl (C=O) groups is 2. The van der Waals surface area contributed by atoms with Crippen LogP contribution in [0.4, 0.5) is 10.1 Å². The van der Waals surface area contributed by atoms with Gasteiger partial charge in [-0.2, -0.15) is 0 Å². The van der Waals surface area contributed by atoms with Crippen LogP contribution in [0.5, 0.6) is 0 Å². The van der Waals surface area contributed by atoms with Crippen LogP contribution in [0.2, 0.25) is 0 Å². The van der Waals surface area contributed by atoms with E-state index < -0.39 is 17.7 Å². The maximum atomic E-state index is 13.6. The molecular weight excluding hydrogens is 363 g/mol. The Balaban J connectivity index is 2.14. The summed E-state index contributed by atoms with van der Waals surface area (Å²) in [5.41, 5.74) is 0.0579. The Morgan fingerprint density at radius 3 is 2.95 bits per heavy atom. The van der Waals surface area contributed by atoms with Crippen LogP contribution in [-0.2, 0) is 4.74 Å². The van der Waals surface area contributed by atoms with Crippen molar-refractivity contribution in [2.24, 2.45) is 0 Å². The highest BCUT2D eigenvalue weighted by molar-refractivity contribution is 9.10. The minimum Gasteiger partial charge on any atom is -0.461 e. The Morgan fingerprint density at radius 2 is 2.24 bits per heavy atom. The van der Waals surface area contributed by atoms with E-state index in [0.29, 0.717) is 4.47 Å². The summed E-state index contributed by atoms with van der Waals surface area (Å²) in [6.45, 7) is 1.90. The second kappa shape index (κ2) is 6.77. The van der Waals surface area contributed by atoms with Crippen molar-refractivity contribution in [3.05, 3.63) is 44.6 Å². The van der Waals surface area contributed by atoms with Crippen LogP contribution in [0.1, 0.15) is 27.2 Å². The van der Waals surface area contributed by atoms with Gasteiger partial charge in [-0.25, -0.2) is 14.2 Å². The highest BCUT2D eigenvalue weighted by atomic mass is 79.9. The Hall–Kier alpha value is -1.80. The van der Waals surface area contributed by atoms with Crippen molar-refractivity contribution in [3.8, 4) is 0 Å². The first-order valence-electron chi connectivity index (χ1n) is 5.90. The van der Waals surface area contributed by atoms with Crippen molar-refractivity contribution in [1.29, 1.82) is 0 Å². The largest absolute Gasteiger partial charge is 0.461 e. The van der Waals surface area contributed by atoms with Gasteiger partial charge in [-0.15, -0.1) is 11.3 Å². The molecule has 0 bridgehead atoms. The van der Waals surface area contributed by atoms with Crippen molar-refractivity contribution < 1.29 is 18.7 Å². The van der Waals surface area contributed by atoms with E-state index in [4.69, 9.17) is 4.74 Å². The minimum absolute atomic E-state index is 0.0278. The summed E-state index contributed by atoms with van der Waals surface area (Å²) in [5.74, 6) is -1.75. The van der Waals surface area contributed by atoms with E-state index in [0.717, 1.165) is 11.3 Å². The van der Waals surface area contributed by atoms with Crippen molar-refractivity contribution in [2.45, 2.75) is 6.92 Å². The Morgan fingerprint density at radius 1 is 1.48 bits per heavy atom. The number of thiazole rings is 1. The lowest BCUT2D eigenvalue weighted by Gasteiger charge is -2.05. The molecule has 5 nitrogen and oxygen atoms in total. The topological polar surface area (TPSA) is 68.3 Å². The predicted octanol–water partition coefficient (Wildman–Crippen LogP) is 3.47. The average molecular weight is 373 g/mol. The van der Waals surface area contributed by atoms with E-state index in [1.807, 2.05) is 0 Å². The standard InChI is InChI=1S/C13H10BrFN2O3S/c1-2-20-13(19)12-17-10(6-21-12)11(18)16-9-5-7(14)3-4-8(9)15/h3-6H,2H2,1H3,(H,16,18). The molecule has 0 aliphatic heterocycles. The zero-order valence-electron chi connectivity index (χ0n) is 10.9. The predicted molar refractivity (Wildman–Crippen MR) is 80.1 cm³/mol. The van der Waals surface area contributed by atoms with Crippen LogP contribution in [0, 0.1) is 5.82 Å². The fourth-order valence-electron chi connectivity index (χ4n) is 1.44. The van der Waals surface area contributed by atoms with Crippen LogP contribution in [0.15, 0.2) is 28.1 Å². The van der Waals surface area contributed by atoms with Gasteiger partial charge in [0.1, 0.15) is 11.5 Å². The van der Waals surface area contributed by atoms with Crippen molar-refractivity contribution in [3.63, 3.8) is 0 Å². The molecule has 0 saturated heterocycles. The lowest BCUT2D eigenvalue weighted by molar-refractivity contribution is 0.0526. The van der Waals surface area contributed by atoms with Gasteiger partial charge in [0, 0.05) is 9.85 Å². The number of benzene rings is 1. The molecule has 2 rings (SSSR count). The number of halogens is 2. The second-order valence-corrected chi connectivity index (χ2v) is 5.61. The maximum absolute atomic E-state index is 13.6. The Kier molecular flexibility index (Phi) is 5.03. The third-order valence-corrected chi connectivity index (χ3v) is 3.68. The van der Waals surface area contributed by atoms with Crippen LogP contribution < -0.4 is 5.32 Å². The average Bonchev–Trinajstić information content (AvgIpc) is 2.93. The molecule has 1 amide bonds. The summed E-state index contributed by atoms with van der Waals surface area (Å²) >= 11 is 4.18. The van der Waals surface area contributed by atoms with E-state index in [1.165, 1.54) is 23.6 Å². The lowest BCUT2D eigenvalue weighted by atomic mass is 10.3. The Bertz CT molecular complexity index is 690. The van der Waals surface area contributed by atoms with Gasteiger partial charge in [-0.3, -0.25) is 4.79 Å². The van der Waals surface area contributed by atoms with Gasteiger partial charge in [0.25, 0.3) is 5.91 Å². The van der Waals surface area contributed by atoms with Gasteiger partial charge in [0.15, 0.2) is 0 Å². The molecule has 0 radical (unpaired) electrons. The SMILES string of the molecule is CCOC(=O)c1nc(C(=O)Nc2cc(Br)ccc2F)cs1. The number of esters is 1. The fraction of sp³-hybridized carbons (Fsp3) is 0.154. The van der Waals surface area contributed by atoms with Gasteiger partial charge in [0.05, 0.1) is 12.3 Å². The van der Waals surface area contributed by atoms with E-state index >= 15 is 0 Å². The van der Waals surface area contributed by atoms with E-state index in [1.54, 1.807) is 6.92 Å². The number of aromatic nitrogens is 1. The van der Waals surface area contributed by atoms with Crippen LogP contribution in [0.3, 0.4) is 0 Å². The number of hydrogen-bond acceptors (Lipinski definition) is 5. The molecule has 1 aromatic carbocycles. The maximum Gasteiger partial charge on any atom is 0.367 e. The minimum atomic E-state index is -0.598. The van der Waals surface area contributed by atoms with Gasteiger partial charge < -0.3 is 10.1 Å². The van der Waals surface area contributed by atoms with Gasteiger partial charge >= 0.3 is 5.97 Å². The van der Waals surface area contributed by atoms with Crippen molar-refractivity contribution >= 4 is 44.8 Å². The van der Waals surface area contributed by atoms with E-state index in [2.05, 4.69) is 26.2 Å². The molecule has 21 heavy (non-hydrogen) atoms. The molecule has 0 saturated carbocycles. The number of rotatable bonds is 4. The molecular formula is C13H10BrFN2O3S. The normalized spacial score (nSPS) is 10.2. The molecule has 0 spiro atoms. The highest BCUT2D eigenvalue weighted by Crippen LogP contribution is 2.21. The number of anilines is 1. The lowest BCUT2D eigenvalue weighted by Crippen LogP contribution is -2.14. The molecule has 0 aliphatic carbocycles. The molecule has 110 valence electrons. The monoisotopic (exact) mass is 372 g/mol. The Labute approximate surface area is 132 Å². The zero-order chi connectivity index (χ0) is 15.4. The van der Waals surface area contributed by atoms with Crippen LogP contribution in [-0.4, -0.2) is 23.5 Å². The van der Waals surface area contributed by atoms with Crippen molar-refractivity contribution in [1.82, 2.24) is 4.98 Å². The molecule has 1 heterocycles. The summed E-state index contributed by atoms with van der Waals surface area (Å²) < 4.78 is 19.0. The van der Waals surface area contributed by atoms with E-state index in [-0.39, 0.29) is 23.0 Å². The summed E-state index contributed by atoms with van der Waals surface area (Å²) in [4.78, 5) is 27.3. The fourth-order valence-corrected chi connectivity index (χ4v) is 2.49. The number of hydrogen-bond donors (Lipinski definition) is 1. The third-order valence-electron chi connectivity index (χ3n) is 2.36. The van der Waals surface area contributed by atoms with Crippen LogP contribution in [0.25, 0.3) is 0 Å². The summed E-state index contributed by atoms with van der Waals surface area (Å²) in [7, 11) is 0. The number of carbonyl (C=O) groups excluding carboxylic acids is 2. The van der Waals surface area contributed by atoms with Crippen molar-refractivity contribution in [2.75, 3.05) is 11.9 Å². The summed E-state index contributed by atoms with van der Waals surface area (Å²) in [6.07, 6.45) is 0. The quantitative estimate of drug-likeness (QED) is 0.834. The highest BCUT2D eigenvalue weighted by Gasteiger charge is 2.17. The van der Waals surface area contributed by atoms with Gasteiger partial charge in [0.2, 0.25) is 5.01 Å². The van der Waals surface area contributed by atoms with Gasteiger partial charge in [-0.05, 0) is 25.1 Å². The first-order chi connectivity index (χ1) is 10.0. The number of amides is 1. The van der Waals surface area contributed by atoms with Gasteiger partial charge in [-0.1, -0.05) is 15.9 Å². The summed E-state index contributed by atoms with van der Waals surface area (Å²) in [6, 6.07) is 4.18. The molecule has 8 heteroatoms. The molecule has 1 N–H and O–H groups in total. The van der Waals surface area contributed by atoms with E-state index in [9.17, 15) is 14.0 Å². The summed E-state index contributed by atoms with van der Waals surface area (Å²) in [5, 5.41) is 3.89. The third kappa shape index (κ3) is 3.85. The number of nitrogens with zero attached hydrogens (tertiary/aromatic N) is 1. The first-order valence-corrected chi connectivity index (χ1v) is 7.57. The number of nitrogens with one attached hydrogen (secondary N) is 1. The zero-order valence-corrected chi connectivity index (χ0v) is 13.3. The molecule has 0 atom stereocenters. The second-order valence-electron chi connectivity index (χ2n) is 3.84. The van der Waals surface area contributed by atoms with Crippen LogP contribution >= 0.6 is 27.3 Å². The first kappa shape index (κ1) is 15.6. The molecule has 1 aromatic heterocycles. The molecule has 0 unspecified atom stereocenters. The molecule has 2 aromatic rings. The number of ether oxygens (including phenoxy) is 1. The smallest absolute Gasteiger partial charge is 0.367 e.